The minimum Gasteiger partial charge on any atom is -0.328 e. The minimum absolute atomic E-state index is 0.0689. The Balaban J connectivity index is 1.62. The van der Waals surface area contributed by atoms with Crippen LogP contribution in [0.25, 0.3) is 21.7 Å². The number of aromatic nitrogens is 2. The fraction of sp³-hybridized carbons (Fsp3) is 0.219. The molecule has 0 saturated heterocycles. The molecular formula is C32H31N3O2. The summed E-state index contributed by atoms with van der Waals surface area (Å²) in [7, 11) is 0. The van der Waals surface area contributed by atoms with Crippen LogP contribution in [0.15, 0.2) is 102 Å². The lowest BCUT2D eigenvalue weighted by atomic mass is 10.0. The zero-order valence-electron chi connectivity index (χ0n) is 21.5. The topological polar surface area (TPSA) is 55.2 Å². The third kappa shape index (κ3) is 5.03. The first-order valence-corrected chi connectivity index (χ1v) is 12.8. The molecule has 0 aliphatic carbocycles. The van der Waals surface area contributed by atoms with Gasteiger partial charge in [0.25, 0.3) is 11.5 Å². The van der Waals surface area contributed by atoms with Crippen molar-refractivity contribution < 1.29 is 4.79 Å². The van der Waals surface area contributed by atoms with Crippen molar-refractivity contribution in [3.05, 3.63) is 124 Å². The molecule has 1 atom stereocenters. The first kappa shape index (κ1) is 24.4. The van der Waals surface area contributed by atoms with Gasteiger partial charge in [0.05, 0.1) is 23.5 Å². The molecule has 1 amide bonds. The second kappa shape index (κ2) is 10.4. The average molecular weight is 490 g/mol. The fourth-order valence-corrected chi connectivity index (χ4v) is 4.86. The number of para-hydroxylation sites is 1. The Morgan fingerprint density at radius 2 is 1.51 bits per heavy atom. The summed E-state index contributed by atoms with van der Waals surface area (Å²) in [5, 5.41) is 2.69. The van der Waals surface area contributed by atoms with Crippen LogP contribution in [-0.2, 0) is 6.54 Å². The van der Waals surface area contributed by atoms with Crippen LogP contribution in [0.1, 0.15) is 48.6 Å². The highest BCUT2D eigenvalue weighted by atomic mass is 16.2. The summed E-state index contributed by atoms with van der Waals surface area (Å²) in [5.74, 6) is 0.754. The first-order chi connectivity index (χ1) is 17.9. The van der Waals surface area contributed by atoms with Gasteiger partial charge in [-0.2, -0.15) is 0 Å². The Kier molecular flexibility index (Phi) is 6.87. The van der Waals surface area contributed by atoms with Crippen molar-refractivity contribution in [1.82, 2.24) is 14.5 Å². The first-order valence-electron chi connectivity index (χ1n) is 12.8. The number of fused-ring (bicyclic) bond motifs is 2. The molecule has 0 fully saturated rings. The molecule has 1 heterocycles. The largest absolute Gasteiger partial charge is 0.328 e. The van der Waals surface area contributed by atoms with E-state index in [1.54, 1.807) is 4.57 Å². The fourth-order valence-electron chi connectivity index (χ4n) is 4.86. The van der Waals surface area contributed by atoms with Gasteiger partial charge in [-0.05, 0) is 53.4 Å². The van der Waals surface area contributed by atoms with Gasteiger partial charge < -0.3 is 4.90 Å². The summed E-state index contributed by atoms with van der Waals surface area (Å²) in [5.41, 5.74) is 2.18. The van der Waals surface area contributed by atoms with E-state index >= 15 is 0 Å². The molecule has 0 saturated carbocycles. The lowest BCUT2D eigenvalue weighted by molar-refractivity contribution is 0.0653. The van der Waals surface area contributed by atoms with Gasteiger partial charge in [0.2, 0.25) is 0 Å². The number of carbonyl (C=O) groups is 1. The van der Waals surface area contributed by atoms with Crippen LogP contribution in [0.4, 0.5) is 0 Å². The smallest absolute Gasteiger partial charge is 0.261 e. The monoisotopic (exact) mass is 489 g/mol. The van der Waals surface area contributed by atoms with Crippen LogP contribution in [-0.4, -0.2) is 26.9 Å². The Morgan fingerprint density at radius 1 is 0.838 bits per heavy atom. The predicted molar refractivity (Wildman–Crippen MR) is 150 cm³/mol. The molecule has 0 aliphatic rings. The summed E-state index contributed by atoms with van der Waals surface area (Å²) in [6.45, 7) is 7.09. The Hall–Kier alpha value is -4.25. The maximum atomic E-state index is 14.0. The van der Waals surface area contributed by atoms with E-state index in [1.165, 1.54) is 0 Å². The van der Waals surface area contributed by atoms with Gasteiger partial charge in [-0.25, -0.2) is 4.98 Å². The molecule has 4 aromatic carbocycles. The minimum atomic E-state index is -0.414. The van der Waals surface area contributed by atoms with E-state index in [4.69, 9.17) is 4.98 Å². The predicted octanol–water partition coefficient (Wildman–Crippen LogP) is 6.46. The number of benzene rings is 4. The van der Waals surface area contributed by atoms with Gasteiger partial charge in [0, 0.05) is 12.1 Å². The van der Waals surface area contributed by atoms with Crippen LogP contribution in [0, 0.1) is 5.92 Å². The molecule has 0 aliphatic heterocycles. The molecule has 5 rings (SSSR count). The van der Waals surface area contributed by atoms with Crippen molar-refractivity contribution in [3.63, 3.8) is 0 Å². The maximum Gasteiger partial charge on any atom is 0.261 e. The van der Waals surface area contributed by atoms with E-state index in [0.717, 1.165) is 16.3 Å². The highest BCUT2D eigenvalue weighted by Crippen LogP contribution is 2.25. The van der Waals surface area contributed by atoms with E-state index in [1.807, 2.05) is 109 Å². The van der Waals surface area contributed by atoms with Gasteiger partial charge >= 0.3 is 0 Å². The van der Waals surface area contributed by atoms with Crippen molar-refractivity contribution in [3.8, 4) is 0 Å². The number of carbonyl (C=O) groups excluding carboxylic acids is 1. The molecule has 1 aromatic heterocycles. The Morgan fingerprint density at radius 3 is 2.27 bits per heavy atom. The number of rotatable bonds is 7. The van der Waals surface area contributed by atoms with Gasteiger partial charge in [-0.1, -0.05) is 86.6 Å². The summed E-state index contributed by atoms with van der Waals surface area (Å²) in [4.78, 5) is 34.5. The molecule has 5 aromatic rings. The zero-order chi connectivity index (χ0) is 25.9. The molecular weight excluding hydrogens is 458 g/mol. The number of nitrogens with zero attached hydrogens (tertiary/aromatic N) is 3. The molecule has 0 spiro atoms. The van der Waals surface area contributed by atoms with E-state index in [9.17, 15) is 9.59 Å². The van der Waals surface area contributed by atoms with Crippen LogP contribution < -0.4 is 5.56 Å². The molecule has 0 radical (unpaired) electrons. The van der Waals surface area contributed by atoms with Crippen molar-refractivity contribution in [2.24, 2.45) is 5.92 Å². The van der Waals surface area contributed by atoms with Crippen molar-refractivity contribution in [1.29, 1.82) is 0 Å². The highest BCUT2D eigenvalue weighted by molar-refractivity contribution is 5.98. The molecule has 0 N–H and O–H groups in total. The van der Waals surface area contributed by atoms with Crippen LogP contribution in [0.5, 0.6) is 0 Å². The molecule has 5 nitrogen and oxygen atoms in total. The lowest BCUT2D eigenvalue weighted by Gasteiger charge is -2.32. The van der Waals surface area contributed by atoms with Gasteiger partial charge in [0.1, 0.15) is 5.82 Å². The molecule has 1 unspecified atom stereocenters. The third-order valence-corrected chi connectivity index (χ3v) is 6.73. The second-order valence-electron chi connectivity index (χ2n) is 9.95. The van der Waals surface area contributed by atoms with E-state index in [2.05, 4.69) is 13.8 Å². The molecule has 5 heteroatoms. The quantitative estimate of drug-likeness (QED) is 0.264. The highest BCUT2D eigenvalue weighted by Gasteiger charge is 2.28. The van der Waals surface area contributed by atoms with Crippen molar-refractivity contribution >= 4 is 27.6 Å². The van der Waals surface area contributed by atoms with E-state index in [-0.39, 0.29) is 17.4 Å². The van der Waals surface area contributed by atoms with Crippen molar-refractivity contribution in [2.45, 2.75) is 33.4 Å². The Labute approximate surface area is 217 Å². The lowest BCUT2D eigenvalue weighted by Crippen LogP contribution is -2.40. The number of hydrogen-bond acceptors (Lipinski definition) is 3. The Bertz CT molecular complexity index is 1620. The SMILES string of the molecule is CC(C)CN(C(=O)c1ccc2ccccc2c1)C(C)c1nc2ccccc2c(=O)n1Cc1ccccc1. The number of hydrogen-bond donors (Lipinski definition) is 0. The zero-order valence-corrected chi connectivity index (χ0v) is 21.5. The van der Waals surface area contributed by atoms with Crippen molar-refractivity contribution in [2.75, 3.05) is 6.54 Å². The van der Waals surface area contributed by atoms with E-state index in [0.29, 0.717) is 35.4 Å². The summed E-state index contributed by atoms with van der Waals surface area (Å²) < 4.78 is 1.73. The molecule has 0 bridgehead atoms. The summed E-state index contributed by atoms with van der Waals surface area (Å²) >= 11 is 0. The van der Waals surface area contributed by atoms with Crippen LogP contribution in [0.3, 0.4) is 0 Å². The van der Waals surface area contributed by atoms with Crippen LogP contribution in [0.2, 0.25) is 0 Å². The summed E-state index contributed by atoms with van der Waals surface area (Å²) in [6, 6.07) is 30.7. The standard InChI is InChI=1S/C32H31N3O2/c1-22(2)20-34(31(36)27-18-17-25-13-7-8-14-26(25)19-27)23(3)30-33-29-16-10-9-15-28(29)32(37)35(30)21-24-11-5-4-6-12-24/h4-19,22-23H,20-21H2,1-3H3. The van der Waals surface area contributed by atoms with Gasteiger partial charge in [-0.15, -0.1) is 0 Å². The third-order valence-electron chi connectivity index (χ3n) is 6.73. The molecule has 186 valence electrons. The van der Waals surface area contributed by atoms with Gasteiger partial charge in [-0.3, -0.25) is 14.2 Å². The number of amides is 1. The average Bonchev–Trinajstić information content (AvgIpc) is 2.92. The summed E-state index contributed by atoms with van der Waals surface area (Å²) in [6.07, 6.45) is 0. The van der Waals surface area contributed by atoms with E-state index < -0.39 is 6.04 Å². The second-order valence-corrected chi connectivity index (χ2v) is 9.95. The normalized spacial score (nSPS) is 12.2. The molecule has 37 heavy (non-hydrogen) atoms. The van der Waals surface area contributed by atoms with Gasteiger partial charge in [0.15, 0.2) is 0 Å². The maximum absolute atomic E-state index is 14.0. The van der Waals surface area contributed by atoms with Crippen LogP contribution >= 0.6 is 0 Å².